The summed E-state index contributed by atoms with van der Waals surface area (Å²) in [7, 11) is 4.01. The van der Waals surface area contributed by atoms with Crippen molar-refractivity contribution in [2.24, 2.45) is 0 Å². The number of ether oxygens (including phenoxy) is 1. The summed E-state index contributed by atoms with van der Waals surface area (Å²) in [5.41, 5.74) is 1.38. The lowest BCUT2D eigenvalue weighted by atomic mass is 10.2. The van der Waals surface area contributed by atoms with E-state index in [9.17, 15) is 0 Å². The average molecular weight is 222 g/mol. The summed E-state index contributed by atoms with van der Waals surface area (Å²) in [5.74, 6) is 0.969. The Morgan fingerprint density at radius 2 is 1.94 bits per heavy atom. The van der Waals surface area contributed by atoms with Gasteiger partial charge in [0.1, 0.15) is 38.5 Å². The van der Waals surface area contributed by atoms with Crippen LogP contribution in [0.15, 0.2) is 24.3 Å². The molecule has 3 heteroatoms. The minimum Gasteiger partial charge on any atom is -0.497 e. The van der Waals surface area contributed by atoms with Crippen molar-refractivity contribution < 1.29 is 14.5 Å². The van der Waals surface area contributed by atoms with Crippen LogP contribution in [0, 0.1) is 0 Å². The number of benzene rings is 1. The molecule has 0 atom stereocenters. The zero-order chi connectivity index (χ0) is 11.4. The third-order valence-electron chi connectivity index (χ3n) is 3.40. The maximum atomic E-state index is 5.25. The van der Waals surface area contributed by atoms with Gasteiger partial charge in [0.2, 0.25) is 0 Å². The maximum absolute atomic E-state index is 5.25. The number of methoxy groups -OCH3 is 1. The van der Waals surface area contributed by atoms with Crippen molar-refractivity contribution in [1.82, 2.24) is 0 Å². The molecule has 2 N–H and O–H groups in total. The molecule has 3 nitrogen and oxygen atoms in total. The van der Waals surface area contributed by atoms with E-state index in [0.717, 1.165) is 12.3 Å². The highest BCUT2D eigenvalue weighted by atomic mass is 16.5. The van der Waals surface area contributed by atoms with Crippen molar-refractivity contribution in [2.45, 2.75) is 6.54 Å². The van der Waals surface area contributed by atoms with Crippen molar-refractivity contribution in [1.29, 1.82) is 0 Å². The largest absolute Gasteiger partial charge is 0.497 e. The Kier molecular flexibility index (Phi) is 3.80. The molecule has 0 amide bonds. The van der Waals surface area contributed by atoms with Gasteiger partial charge in [-0.25, -0.2) is 0 Å². The molecule has 0 radical (unpaired) electrons. The summed E-state index contributed by atoms with van der Waals surface area (Å²) in [4.78, 5) is 3.35. The van der Waals surface area contributed by atoms with E-state index in [4.69, 9.17) is 4.74 Å². The van der Waals surface area contributed by atoms with Crippen LogP contribution in [0.4, 0.5) is 0 Å². The second-order valence-electron chi connectivity index (χ2n) is 4.74. The van der Waals surface area contributed by atoms with Crippen molar-refractivity contribution in [2.75, 3.05) is 40.3 Å². The fourth-order valence-corrected chi connectivity index (χ4v) is 2.28. The van der Waals surface area contributed by atoms with Crippen molar-refractivity contribution in [3.63, 3.8) is 0 Å². The third kappa shape index (κ3) is 2.97. The van der Waals surface area contributed by atoms with Crippen LogP contribution in [0.3, 0.4) is 0 Å². The lowest BCUT2D eigenvalue weighted by molar-refractivity contribution is -1.01. The van der Waals surface area contributed by atoms with Crippen LogP contribution in [0.1, 0.15) is 5.56 Å². The van der Waals surface area contributed by atoms with Gasteiger partial charge in [-0.1, -0.05) is 12.1 Å². The Balaban J connectivity index is 1.93. The number of hydrogen-bond acceptors (Lipinski definition) is 1. The Morgan fingerprint density at radius 3 is 2.62 bits per heavy atom. The van der Waals surface area contributed by atoms with E-state index in [1.807, 2.05) is 6.07 Å². The molecular formula is C13H22N2O+2. The van der Waals surface area contributed by atoms with Crippen LogP contribution < -0.4 is 14.5 Å². The summed E-state index contributed by atoms with van der Waals surface area (Å²) >= 11 is 0. The third-order valence-corrected chi connectivity index (χ3v) is 3.40. The first-order chi connectivity index (χ1) is 7.78. The molecule has 0 bridgehead atoms. The number of likely N-dealkylation sites (N-methyl/N-ethyl adjacent to an activating group) is 1. The van der Waals surface area contributed by atoms with E-state index in [1.165, 1.54) is 31.7 Å². The highest BCUT2D eigenvalue weighted by molar-refractivity contribution is 5.27. The second-order valence-corrected chi connectivity index (χ2v) is 4.74. The highest BCUT2D eigenvalue weighted by Crippen LogP contribution is 2.11. The van der Waals surface area contributed by atoms with E-state index in [2.05, 4.69) is 25.2 Å². The average Bonchev–Trinajstić information content (AvgIpc) is 2.32. The molecule has 2 rings (SSSR count). The summed E-state index contributed by atoms with van der Waals surface area (Å²) in [6.45, 7) is 6.27. The normalized spacial score (nSPS) is 25.4. The number of nitrogens with one attached hydrogen (secondary N) is 2. The lowest BCUT2D eigenvalue weighted by Gasteiger charge is -2.27. The Morgan fingerprint density at radius 1 is 1.19 bits per heavy atom. The van der Waals surface area contributed by atoms with E-state index in [1.54, 1.807) is 16.9 Å². The van der Waals surface area contributed by atoms with Crippen LogP contribution in [-0.2, 0) is 6.54 Å². The van der Waals surface area contributed by atoms with Gasteiger partial charge < -0.3 is 14.5 Å². The summed E-state index contributed by atoms with van der Waals surface area (Å²) < 4.78 is 5.25. The van der Waals surface area contributed by atoms with Crippen LogP contribution in [0.25, 0.3) is 0 Å². The molecule has 1 fully saturated rings. The van der Waals surface area contributed by atoms with E-state index in [0.29, 0.717) is 0 Å². The number of piperazine rings is 1. The molecule has 0 unspecified atom stereocenters. The van der Waals surface area contributed by atoms with Crippen molar-refractivity contribution >= 4 is 0 Å². The van der Waals surface area contributed by atoms with Gasteiger partial charge in [0.05, 0.1) is 14.2 Å². The zero-order valence-electron chi connectivity index (χ0n) is 10.3. The first-order valence-corrected chi connectivity index (χ1v) is 6.06. The molecule has 1 aromatic rings. The number of quaternary nitrogens is 2. The predicted molar refractivity (Wildman–Crippen MR) is 64.0 cm³/mol. The van der Waals surface area contributed by atoms with Gasteiger partial charge in [0.25, 0.3) is 0 Å². The van der Waals surface area contributed by atoms with Gasteiger partial charge in [0, 0.05) is 5.56 Å². The molecule has 0 spiro atoms. The summed E-state index contributed by atoms with van der Waals surface area (Å²) in [5, 5.41) is 0. The summed E-state index contributed by atoms with van der Waals surface area (Å²) in [6.07, 6.45) is 0. The van der Waals surface area contributed by atoms with E-state index >= 15 is 0 Å². The minimum absolute atomic E-state index is 0.969. The van der Waals surface area contributed by atoms with Gasteiger partial charge in [-0.3, -0.25) is 0 Å². The summed E-state index contributed by atoms with van der Waals surface area (Å²) in [6, 6.07) is 8.43. The van der Waals surface area contributed by atoms with Gasteiger partial charge in [0.15, 0.2) is 0 Å². The topological polar surface area (TPSA) is 18.1 Å². The quantitative estimate of drug-likeness (QED) is 0.644. The fourth-order valence-electron chi connectivity index (χ4n) is 2.28. The van der Waals surface area contributed by atoms with E-state index < -0.39 is 0 Å². The zero-order valence-corrected chi connectivity index (χ0v) is 10.3. The lowest BCUT2D eigenvalue weighted by Crippen LogP contribution is -3.26. The van der Waals surface area contributed by atoms with Gasteiger partial charge in [-0.05, 0) is 12.1 Å². The number of hydrogen-bond donors (Lipinski definition) is 2. The fraction of sp³-hybridized carbons (Fsp3) is 0.538. The van der Waals surface area contributed by atoms with Crippen molar-refractivity contribution in [3.05, 3.63) is 29.8 Å². The van der Waals surface area contributed by atoms with Crippen molar-refractivity contribution in [3.8, 4) is 5.75 Å². The van der Waals surface area contributed by atoms with Gasteiger partial charge in [-0.15, -0.1) is 0 Å². The van der Waals surface area contributed by atoms with Crippen LogP contribution in [0.5, 0.6) is 5.75 Å². The molecule has 0 aliphatic carbocycles. The first-order valence-electron chi connectivity index (χ1n) is 6.06. The Bertz CT molecular complexity index is 332. The molecule has 16 heavy (non-hydrogen) atoms. The molecular weight excluding hydrogens is 200 g/mol. The molecule has 0 aromatic heterocycles. The minimum atomic E-state index is 0.969. The van der Waals surface area contributed by atoms with Crippen LogP contribution >= 0.6 is 0 Å². The first kappa shape index (κ1) is 11.4. The molecule has 1 aliphatic rings. The second kappa shape index (κ2) is 5.32. The molecule has 88 valence electrons. The van der Waals surface area contributed by atoms with Crippen LogP contribution in [-0.4, -0.2) is 40.3 Å². The predicted octanol–water partition coefficient (Wildman–Crippen LogP) is -1.39. The monoisotopic (exact) mass is 222 g/mol. The Hall–Kier alpha value is -1.06. The smallest absolute Gasteiger partial charge is 0.127 e. The number of rotatable bonds is 3. The molecule has 0 saturated carbocycles. The molecule has 1 saturated heterocycles. The van der Waals surface area contributed by atoms with Gasteiger partial charge in [-0.2, -0.15) is 0 Å². The maximum Gasteiger partial charge on any atom is 0.127 e. The van der Waals surface area contributed by atoms with Crippen LogP contribution in [0.2, 0.25) is 0 Å². The standard InChI is InChI=1S/C13H20N2O/c1-14-6-8-15(9-7-14)11-12-4-3-5-13(10-12)16-2/h3-5,10H,6-9,11H2,1-2H3/p+2. The highest BCUT2D eigenvalue weighted by Gasteiger charge is 2.19. The molecule has 1 heterocycles. The molecule has 1 aromatic carbocycles. The molecule has 1 aliphatic heterocycles. The Labute approximate surface area is 97.6 Å². The SMILES string of the molecule is COc1cccc(C[NH+]2CC[NH+](C)CC2)c1. The van der Waals surface area contributed by atoms with Gasteiger partial charge >= 0.3 is 0 Å². The van der Waals surface area contributed by atoms with E-state index in [-0.39, 0.29) is 0 Å².